The van der Waals surface area contributed by atoms with E-state index in [2.05, 4.69) is 13.2 Å². The molecule has 0 radical (unpaired) electrons. The van der Waals surface area contributed by atoms with E-state index in [4.69, 9.17) is 0 Å². The van der Waals surface area contributed by atoms with Gasteiger partial charge in [0, 0.05) is 29.1 Å². The van der Waals surface area contributed by atoms with Crippen molar-refractivity contribution < 1.29 is 13.2 Å². The monoisotopic (exact) mass is 387 g/mol. The summed E-state index contributed by atoms with van der Waals surface area (Å²) in [6, 6.07) is 15.3. The molecule has 0 amide bonds. The highest BCUT2D eigenvalue weighted by atomic mass is 32.2. The highest BCUT2D eigenvalue weighted by Crippen LogP contribution is 2.23. The zero-order chi connectivity index (χ0) is 19.2. The van der Waals surface area contributed by atoms with E-state index in [-0.39, 0.29) is 29.3 Å². The van der Waals surface area contributed by atoms with Crippen molar-refractivity contribution in [2.45, 2.75) is 9.79 Å². The molecule has 0 atom stereocenters. The van der Waals surface area contributed by atoms with Gasteiger partial charge in [-0.1, -0.05) is 43.0 Å². The Labute approximate surface area is 159 Å². The molecule has 0 bridgehead atoms. The maximum atomic E-state index is 12.9. The van der Waals surface area contributed by atoms with Crippen molar-refractivity contribution in [2.75, 3.05) is 19.3 Å². The van der Waals surface area contributed by atoms with Crippen molar-refractivity contribution in [3.8, 4) is 0 Å². The second-order valence-corrected chi connectivity index (χ2v) is 8.32. The summed E-state index contributed by atoms with van der Waals surface area (Å²) in [6.45, 7) is 7.46. The normalized spacial score (nSPS) is 11.3. The van der Waals surface area contributed by atoms with Gasteiger partial charge in [0.15, 0.2) is 5.78 Å². The van der Waals surface area contributed by atoms with Gasteiger partial charge in [-0.3, -0.25) is 4.79 Å². The van der Waals surface area contributed by atoms with Gasteiger partial charge in [-0.2, -0.15) is 4.31 Å². The first-order valence-corrected chi connectivity index (χ1v) is 10.6. The van der Waals surface area contributed by atoms with Gasteiger partial charge in [-0.15, -0.1) is 18.3 Å². The Bertz CT molecular complexity index is 906. The van der Waals surface area contributed by atoms with Crippen LogP contribution in [0, 0.1) is 0 Å². The molecule has 0 heterocycles. The van der Waals surface area contributed by atoms with Crippen LogP contribution < -0.4 is 0 Å². The number of nitrogens with zero attached hydrogens (tertiary/aromatic N) is 1. The molecule has 0 unspecified atom stereocenters. The lowest BCUT2D eigenvalue weighted by molar-refractivity contribution is 0.102. The molecule has 0 aliphatic rings. The Morgan fingerprint density at radius 1 is 1.12 bits per heavy atom. The molecule has 0 spiro atoms. The molecule has 136 valence electrons. The van der Waals surface area contributed by atoms with Crippen molar-refractivity contribution in [3.63, 3.8) is 0 Å². The molecular weight excluding hydrogens is 366 g/mol. The third-order valence-electron chi connectivity index (χ3n) is 3.75. The zero-order valence-electron chi connectivity index (χ0n) is 14.6. The summed E-state index contributed by atoms with van der Waals surface area (Å²) >= 11 is 1.46. The minimum absolute atomic E-state index is 0.0910. The van der Waals surface area contributed by atoms with Crippen LogP contribution in [0.15, 0.2) is 89.2 Å². The Kier molecular flexibility index (Phi) is 6.97. The van der Waals surface area contributed by atoms with Crippen LogP contribution in [0.2, 0.25) is 0 Å². The summed E-state index contributed by atoms with van der Waals surface area (Å²) < 4.78 is 26.9. The van der Waals surface area contributed by atoms with E-state index in [1.54, 1.807) is 30.3 Å². The first-order chi connectivity index (χ1) is 12.4. The zero-order valence-corrected chi connectivity index (χ0v) is 16.2. The van der Waals surface area contributed by atoms with E-state index in [0.717, 1.165) is 4.90 Å². The van der Waals surface area contributed by atoms with Crippen molar-refractivity contribution in [1.29, 1.82) is 0 Å². The number of sulfonamides is 1. The number of hydrogen-bond donors (Lipinski definition) is 0. The molecule has 2 rings (SSSR count). The highest BCUT2D eigenvalue weighted by Gasteiger charge is 2.26. The maximum absolute atomic E-state index is 12.9. The molecule has 4 nitrogen and oxygen atoms in total. The van der Waals surface area contributed by atoms with Crippen LogP contribution in [0.1, 0.15) is 10.4 Å². The Balaban J connectivity index is 2.28. The average Bonchev–Trinajstić information content (AvgIpc) is 2.67. The Morgan fingerprint density at radius 3 is 2.35 bits per heavy atom. The smallest absolute Gasteiger partial charge is 0.243 e. The minimum Gasteiger partial charge on any atom is -0.289 e. The van der Waals surface area contributed by atoms with Crippen LogP contribution >= 0.6 is 11.8 Å². The van der Waals surface area contributed by atoms with Gasteiger partial charge in [-0.05, 0) is 30.5 Å². The van der Waals surface area contributed by atoms with Crippen LogP contribution in [0.4, 0.5) is 0 Å². The summed E-state index contributed by atoms with van der Waals surface area (Å²) in [7, 11) is -3.75. The molecule has 0 saturated heterocycles. The third kappa shape index (κ3) is 4.52. The molecule has 0 saturated carbocycles. The van der Waals surface area contributed by atoms with Crippen molar-refractivity contribution in [2.24, 2.45) is 0 Å². The Hall–Kier alpha value is -2.15. The quantitative estimate of drug-likeness (QED) is 0.282. The van der Waals surface area contributed by atoms with Crippen LogP contribution in [-0.4, -0.2) is 37.9 Å². The van der Waals surface area contributed by atoms with Crippen molar-refractivity contribution >= 4 is 27.6 Å². The number of ketones is 1. The number of benzene rings is 2. The lowest BCUT2D eigenvalue weighted by Crippen LogP contribution is -2.34. The van der Waals surface area contributed by atoms with E-state index in [1.165, 1.54) is 34.3 Å². The summed E-state index contributed by atoms with van der Waals surface area (Å²) in [5, 5.41) is 0. The number of hydrogen-bond acceptors (Lipinski definition) is 4. The molecule has 2 aromatic carbocycles. The minimum atomic E-state index is -3.75. The molecule has 0 N–H and O–H groups in total. The summed E-state index contributed by atoms with van der Waals surface area (Å²) in [4.78, 5) is 13.8. The number of rotatable bonds is 9. The van der Waals surface area contributed by atoms with Gasteiger partial charge in [0.25, 0.3) is 0 Å². The molecular formula is C20H21NO3S2. The lowest BCUT2D eigenvalue weighted by Gasteiger charge is -2.21. The van der Waals surface area contributed by atoms with Gasteiger partial charge in [0.2, 0.25) is 10.0 Å². The van der Waals surface area contributed by atoms with Gasteiger partial charge in [0.1, 0.15) is 0 Å². The van der Waals surface area contributed by atoms with Crippen LogP contribution in [0.25, 0.3) is 0 Å². The summed E-state index contributed by atoms with van der Waals surface area (Å²) in [5.74, 6) is -0.257. The molecule has 0 aliphatic heterocycles. The molecule has 26 heavy (non-hydrogen) atoms. The first-order valence-electron chi connectivity index (χ1n) is 7.93. The van der Waals surface area contributed by atoms with Gasteiger partial charge >= 0.3 is 0 Å². The number of carbonyl (C=O) groups is 1. The van der Waals surface area contributed by atoms with Crippen LogP contribution in [-0.2, 0) is 10.0 Å². The predicted octanol–water partition coefficient (Wildman–Crippen LogP) is 4.02. The molecule has 6 heteroatoms. The number of carbonyl (C=O) groups excluding carboxylic acids is 1. The van der Waals surface area contributed by atoms with E-state index in [0.29, 0.717) is 5.56 Å². The molecule has 0 aromatic heterocycles. The maximum Gasteiger partial charge on any atom is 0.243 e. The second kappa shape index (κ2) is 8.98. The fourth-order valence-corrected chi connectivity index (χ4v) is 4.46. The number of thioether (sulfide) groups is 1. The standard InChI is InChI=1S/C20H21NO3S2/c1-4-14-21(26(23,24)17-10-6-5-7-11-17)15-16(2)20(22)18-12-8-9-13-19(18)25-3/h4-13H,1-2,14-15H2,3H3. The van der Waals surface area contributed by atoms with Crippen molar-refractivity contribution in [3.05, 3.63) is 85.0 Å². The fraction of sp³-hybridized carbons (Fsp3) is 0.150. The van der Waals surface area contributed by atoms with Crippen LogP contribution in [0.5, 0.6) is 0 Å². The van der Waals surface area contributed by atoms with Gasteiger partial charge in [0.05, 0.1) is 4.90 Å². The van der Waals surface area contributed by atoms with Gasteiger partial charge < -0.3 is 0 Å². The first kappa shape index (κ1) is 20.2. The predicted molar refractivity (Wildman–Crippen MR) is 107 cm³/mol. The SMILES string of the molecule is C=CCN(CC(=C)C(=O)c1ccccc1SC)S(=O)(=O)c1ccccc1. The van der Waals surface area contributed by atoms with Gasteiger partial charge in [-0.25, -0.2) is 8.42 Å². The summed E-state index contributed by atoms with van der Waals surface area (Å²) in [6.07, 6.45) is 3.38. The second-order valence-electron chi connectivity index (χ2n) is 5.53. The summed E-state index contributed by atoms with van der Waals surface area (Å²) in [5.41, 5.74) is 0.744. The van der Waals surface area contributed by atoms with Crippen molar-refractivity contribution in [1.82, 2.24) is 4.31 Å². The lowest BCUT2D eigenvalue weighted by atomic mass is 10.0. The molecule has 0 fully saturated rings. The van der Waals surface area contributed by atoms with E-state index < -0.39 is 10.0 Å². The molecule has 2 aromatic rings. The fourth-order valence-electron chi connectivity index (χ4n) is 2.44. The average molecular weight is 388 g/mol. The third-order valence-corrected chi connectivity index (χ3v) is 6.38. The number of Topliss-reactive ketones (excluding diaryl/α,β-unsaturated/α-hetero) is 1. The topological polar surface area (TPSA) is 54.5 Å². The van der Waals surface area contributed by atoms with E-state index in [9.17, 15) is 13.2 Å². The Morgan fingerprint density at radius 2 is 1.73 bits per heavy atom. The van der Waals surface area contributed by atoms with Crippen LogP contribution in [0.3, 0.4) is 0 Å². The van der Waals surface area contributed by atoms with E-state index >= 15 is 0 Å². The van der Waals surface area contributed by atoms with E-state index in [1.807, 2.05) is 18.4 Å². The largest absolute Gasteiger partial charge is 0.289 e. The highest BCUT2D eigenvalue weighted by molar-refractivity contribution is 7.98. The molecule has 0 aliphatic carbocycles.